The van der Waals surface area contributed by atoms with Crippen LogP contribution in [0.5, 0.6) is 0 Å². The molecule has 124 valence electrons. The minimum absolute atomic E-state index is 0.194. The lowest BCUT2D eigenvalue weighted by molar-refractivity contribution is 0.0997. The first-order valence-corrected chi connectivity index (χ1v) is 9.55. The van der Waals surface area contributed by atoms with Gasteiger partial charge in [-0.25, -0.2) is 0 Å². The molecule has 0 saturated heterocycles. The highest BCUT2D eigenvalue weighted by Gasteiger charge is 2.09. The van der Waals surface area contributed by atoms with Crippen LogP contribution in [0.25, 0.3) is 10.2 Å². The van der Waals surface area contributed by atoms with Gasteiger partial charge < -0.3 is 4.57 Å². The van der Waals surface area contributed by atoms with Crippen LogP contribution in [-0.2, 0) is 7.05 Å². The standard InChI is InChI=1S/C19H20N2OS2/c1-12(2)23-15-7-5-6-14(11-15)18(22)20-19-21(4)16-9-8-13(3)10-17(16)24-19/h5-12H,1-4H3. The van der Waals surface area contributed by atoms with E-state index in [1.165, 1.54) is 5.56 Å². The first-order chi connectivity index (χ1) is 11.4. The van der Waals surface area contributed by atoms with Crippen molar-refractivity contribution >= 4 is 39.2 Å². The monoisotopic (exact) mass is 356 g/mol. The number of thioether (sulfide) groups is 1. The maximum Gasteiger partial charge on any atom is 0.279 e. The number of thiazole rings is 1. The molecule has 3 nitrogen and oxygen atoms in total. The number of carbonyl (C=O) groups excluding carboxylic acids is 1. The van der Waals surface area contributed by atoms with Gasteiger partial charge in [0.25, 0.3) is 5.91 Å². The van der Waals surface area contributed by atoms with Crippen LogP contribution in [0.1, 0.15) is 29.8 Å². The van der Waals surface area contributed by atoms with Gasteiger partial charge in [-0.15, -0.1) is 11.8 Å². The molecular weight excluding hydrogens is 336 g/mol. The third kappa shape index (κ3) is 3.62. The van der Waals surface area contributed by atoms with Crippen LogP contribution in [0.3, 0.4) is 0 Å². The Labute approximate surface area is 150 Å². The van der Waals surface area contributed by atoms with Crippen molar-refractivity contribution < 1.29 is 4.79 Å². The first-order valence-electron chi connectivity index (χ1n) is 7.86. The van der Waals surface area contributed by atoms with Crippen molar-refractivity contribution in [1.82, 2.24) is 4.57 Å². The molecule has 3 rings (SSSR count). The largest absolute Gasteiger partial charge is 0.319 e. The van der Waals surface area contributed by atoms with Crippen molar-refractivity contribution in [2.24, 2.45) is 12.0 Å². The molecule has 0 aliphatic heterocycles. The summed E-state index contributed by atoms with van der Waals surface area (Å²) in [5.41, 5.74) is 2.94. The number of amides is 1. The molecule has 0 radical (unpaired) electrons. The lowest BCUT2D eigenvalue weighted by atomic mass is 10.2. The Morgan fingerprint density at radius 1 is 1.21 bits per heavy atom. The summed E-state index contributed by atoms with van der Waals surface area (Å²) in [7, 11) is 1.95. The number of aromatic nitrogens is 1. The van der Waals surface area contributed by atoms with Gasteiger partial charge in [0.15, 0.2) is 4.80 Å². The Hall–Kier alpha value is -1.85. The lowest BCUT2D eigenvalue weighted by Gasteiger charge is -2.05. The third-order valence-electron chi connectivity index (χ3n) is 3.61. The van der Waals surface area contributed by atoms with Crippen molar-refractivity contribution in [2.45, 2.75) is 30.9 Å². The second kappa shape index (κ2) is 6.95. The van der Waals surface area contributed by atoms with E-state index in [0.29, 0.717) is 10.8 Å². The van der Waals surface area contributed by atoms with Gasteiger partial charge in [0.2, 0.25) is 0 Å². The molecule has 0 aliphatic rings. The van der Waals surface area contributed by atoms with E-state index in [-0.39, 0.29) is 5.91 Å². The minimum atomic E-state index is -0.194. The van der Waals surface area contributed by atoms with E-state index in [2.05, 4.69) is 44.0 Å². The van der Waals surface area contributed by atoms with Crippen LogP contribution < -0.4 is 4.80 Å². The van der Waals surface area contributed by atoms with E-state index < -0.39 is 0 Å². The topological polar surface area (TPSA) is 34.4 Å². The summed E-state index contributed by atoms with van der Waals surface area (Å²) in [6, 6.07) is 14.0. The molecule has 1 aromatic heterocycles. The quantitative estimate of drug-likeness (QED) is 0.632. The number of hydrogen-bond acceptors (Lipinski definition) is 3. The van der Waals surface area contributed by atoms with Gasteiger partial charge in [0.1, 0.15) is 0 Å². The van der Waals surface area contributed by atoms with Crippen molar-refractivity contribution in [1.29, 1.82) is 0 Å². The Morgan fingerprint density at radius 3 is 2.75 bits per heavy atom. The van der Waals surface area contributed by atoms with Gasteiger partial charge in [0.05, 0.1) is 10.2 Å². The van der Waals surface area contributed by atoms with Gasteiger partial charge in [-0.05, 0) is 42.8 Å². The Kier molecular flexibility index (Phi) is 4.92. The molecule has 0 spiro atoms. The van der Waals surface area contributed by atoms with E-state index in [0.717, 1.165) is 19.9 Å². The van der Waals surface area contributed by atoms with Crippen molar-refractivity contribution in [3.8, 4) is 0 Å². The molecule has 5 heteroatoms. The van der Waals surface area contributed by atoms with Gasteiger partial charge in [-0.1, -0.05) is 37.3 Å². The Bertz CT molecular complexity index is 967. The van der Waals surface area contributed by atoms with Crippen LogP contribution in [-0.4, -0.2) is 15.7 Å². The summed E-state index contributed by atoms with van der Waals surface area (Å²) < 4.78 is 3.12. The summed E-state index contributed by atoms with van der Waals surface area (Å²) in [4.78, 5) is 18.7. The van der Waals surface area contributed by atoms with Crippen molar-refractivity contribution in [3.05, 3.63) is 58.4 Å². The molecule has 0 bridgehead atoms. The number of hydrogen-bond donors (Lipinski definition) is 0. The molecule has 2 aromatic carbocycles. The molecule has 0 saturated carbocycles. The Balaban J connectivity index is 1.99. The summed E-state index contributed by atoms with van der Waals surface area (Å²) in [6.45, 7) is 6.35. The molecule has 3 aromatic rings. The Morgan fingerprint density at radius 2 is 2.00 bits per heavy atom. The first kappa shape index (κ1) is 17.0. The molecular formula is C19H20N2OS2. The van der Waals surface area contributed by atoms with E-state index in [4.69, 9.17) is 0 Å². The summed E-state index contributed by atoms with van der Waals surface area (Å²) in [5.74, 6) is -0.194. The number of nitrogens with zero attached hydrogens (tertiary/aromatic N) is 2. The zero-order chi connectivity index (χ0) is 17.3. The fourth-order valence-corrected chi connectivity index (χ4v) is 4.49. The predicted octanol–water partition coefficient (Wildman–Crippen LogP) is 4.79. The highest BCUT2D eigenvalue weighted by atomic mass is 32.2. The zero-order valence-corrected chi connectivity index (χ0v) is 15.9. The number of benzene rings is 2. The van der Waals surface area contributed by atoms with Gasteiger partial charge >= 0.3 is 0 Å². The van der Waals surface area contributed by atoms with Gasteiger partial charge in [0, 0.05) is 22.8 Å². The molecule has 0 N–H and O–H groups in total. The lowest BCUT2D eigenvalue weighted by Crippen LogP contribution is -2.13. The van der Waals surface area contributed by atoms with Crippen molar-refractivity contribution in [2.75, 3.05) is 0 Å². The molecule has 0 aliphatic carbocycles. The van der Waals surface area contributed by atoms with E-state index >= 15 is 0 Å². The van der Waals surface area contributed by atoms with E-state index in [1.807, 2.05) is 35.9 Å². The number of aryl methyl sites for hydroxylation is 2. The van der Waals surface area contributed by atoms with Crippen LogP contribution >= 0.6 is 23.1 Å². The number of fused-ring (bicyclic) bond motifs is 1. The third-order valence-corrected chi connectivity index (χ3v) is 5.71. The van der Waals surface area contributed by atoms with Gasteiger partial charge in [-0.2, -0.15) is 4.99 Å². The molecule has 1 amide bonds. The normalized spacial score (nSPS) is 12.3. The summed E-state index contributed by atoms with van der Waals surface area (Å²) in [5, 5.41) is 0.482. The smallest absolute Gasteiger partial charge is 0.279 e. The number of rotatable bonds is 3. The maximum atomic E-state index is 12.6. The average Bonchev–Trinajstić information content (AvgIpc) is 2.82. The maximum absolute atomic E-state index is 12.6. The SMILES string of the molecule is Cc1ccc2c(c1)sc(=NC(=O)c1cccc(SC(C)C)c1)n2C. The second-order valence-corrected chi connectivity index (χ2v) is 8.69. The van der Waals surface area contributed by atoms with Gasteiger partial charge in [-0.3, -0.25) is 4.79 Å². The molecule has 0 fully saturated rings. The number of carbonyl (C=O) groups is 1. The highest BCUT2D eigenvalue weighted by molar-refractivity contribution is 7.99. The van der Waals surface area contributed by atoms with Crippen LogP contribution in [0.15, 0.2) is 52.4 Å². The minimum Gasteiger partial charge on any atom is -0.319 e. The molecule has 0 atom stereocenters. The second-order valence-electron chi connectivity index (χ2n) is 6.03. The predicted molar refractivity (Wildman–Crippen MR) is 103 cm³/mol. The van der Waals surface area contributed by atoms with Crippen LogP contribution in [0.4, 0.5) is 0 Å². The molecule has 24 heavy (non-hydrogen) atoms. The summed E-state index contributed by atoms with van der Waals surface area (Å²) in [6.07, 6.45) is 0. The fraction of sp³-hybridized carbons (Fsp3) is 0.263. The van der Waals surface area contributed by atoms with Crippen LogP contribution in [0, 0.1) is 6.92 Å². The molecule has 1 heterocycles. The fourth-order valence-electron chi connectivity index (χ4n) is 2.47. The molecule has 0 unspecified atom stereocenters. The van der Waals surface area contributed by atoms with Crippen LogP contribution in [0.2, 0.25) is 0 Å². The average molecular weight is 357 g/mol. The van der Waals surface area contributed by atoms with E-state index in [9.17, 15) is 4.79 Å². The summed E-state index contributed by atoms with van der Waals surface area (Å²) >= 11 is 3.29. The highest BCUT2D eigenvalue weighted by Crippen LogP contribution is 2.24. The zero-order valence-electron chi connectivity index (χ0n) is 14.2. The van der Waals surface area contributed by atoms with E-state index in [1.54, 1.807) is 23.1 Å². The van der Waals surface area contributed by atoms with Crippen molar-refractivity contribution in [3.63, 3.8) is 0 Å².